The molecule has 48 heavy (non-hydrogen) atoms. The highest BCUT2D eigenvalue weighted by Crippen LogP contribution is 2.37. The number of fused-ring (bicyclic) bond motifs is 2. The van der Waals surface area contributed by atoms with E-state index >= 15 is 0 Å². The minimum Gasteiger partial charge on any atom is -0.374 e. The van der Waals surface area contributed by atoms with E-state index in [1.165, 1.54) is 50.5 Å². The normalized spacial score (nSPS) is 22.6. The number of rotatable bonds is 15. The summed E-state index contributed by atoms with van der Waals surface area (Å²) in [7, 11) is 0. The summed E-state index contributed by atoms with van der Waals surface area (Å²) in [5, 5.41) is 15.7. The lowest BCUT2D eigenvalue weighted by Crippen LogP contribution is -2.52. The number of nitrogens with one attached hydrogen (secondary N) is 2. The number of benzene rings is 2. The van der Waals surface area contributed by atoms with Crippen molar-refractivity contribution in [2.45, 2.75) is 134 Å². The summed E-state index contributed by atoms with van der Waals surface area (Å²) in [6.07, 6.45) is 14.2. The van der Waals surface area contributed by atoms with Gasteiger partial charge in [0, 0.05) is 37.1 Å². The number of hydrogen-bond donors (Lipinski definition) is 3. The lowest BCUT2D eigenvalue weighted by atomic mass is 9.97. The molecule has 0 radical (unpaired) electrons. The van der Waals surface area contributed by atoms with Gasteiger partial charge in [0.25, 0.3) is 5.91 Å². The summed E-state index contributed by atoms with van der Waals surface area (Å²) >= 11 is 0. The molecule has 0 aromatic heterocycles. The maximum atomic E-state index is 13.3. The quantitative estimate of drug-likeness (QED) is 0.186. The number of imide groups is 2. The van der Waals surface area contributed by atoms with Crippen molar-refractivity contribution in [2.75, 3.05) is 0 Å². The Balaban J connectivity index is 0.838. The third kappa shape index (κ3) is 7.55. The molecule has 4 heterocycles. The summed E-state index contributed by atoms with van der Waals surface area (Å²) in [4.78, 5) is 64.6. The van der Waals surface area contributed by atoms with Crippen LogP contribution in [0.1, 0.15) is 134 Å². The number of piperidine rings is 2. The molecule has 0 saturated carbocycles. The van der Waals surface area contributed by atoms with Gasteiger partial charge in [-0.15, -0.1) is 0 Å². The van der Waals surface area contributed by atoms with E-state index in [4.69, 9.17) is 0 Å². The maximum absolute atomic E-state index is 13.3. The Morgan fingerprint density at radius 2 is 1.19 bits per heavy atom. The van der Waals surface area contributed by atoms with E-state index in [1.807, 2.05) is 35.2 Å². The molecule has 0 spiro atoms. The lowest BCUT2D eigenvalue weighted by Gasteiger charge is -2.31. The molecule has 2 aromatic rings. The van der Waals surface area contributed by atoms with Crippen LogP contribution in [0.2, 0.25) is 0 Å². The Bertz CT molecular complexity index is 1560. The van der Waals surface area contributed by atoms with Crippen molar-refractivity contribution < 1.29 is 29.1 Å². The van der Waals surface area contributed by atoms with E-state index in [0.29, 0.717) is 32.4 Å². The summed E-state index contributed by atoms with van der Waals surface area (Å²) in [6.45, 7) is 0.964. The average Bonchev–Trinajstić information content (AvgIpc) is 3.58. The van der Waals surface area contributed by atoms with Crippen molar-refractivity contribution >= 4 is 29.5 Å². The number of amides is 5. The van der Waals surface area contributed by atoms with Gasteiger partial charge in [-0.1, -0.05) is 87.8 Å². The summed E-state index contributed by atoms with van der Waals surface area (Å²) in [5.41, 5.74) is 6.06. The zero-order valence-corrected chi connectivity index (χ0v) is 27.8. The molecule has 2 aromatic carbocycles. The number of carbonyl (C=O) groups excluding carboxylic acids is 5. The molecule has 5 amide bonds. The predicted octanol–water partition coefficient (Wildman–Crippen LogP) is 4.75. The number of aliphatic hydroxyl groups is 1. The van der Waals surface area contributed by atoms with Crippen LogP contribution >= 0.6 is 0 Å². The number of aryl methyl sites for hydroxylation is 2. The molecule has 0 bridgehead atoms. The highest BCUT2D eigenvalue weighted by Gasteiger charge is 2.41. The van der Waals surface area contributed by atoms with E-state index in [2.05, 4.69) is 16.7 Å². The van der Waals surface area contributed by atoms with Gasteiger partial charge in [0.15, 0.2) is 0 Å². The molecule has 3 atom stereocenters. The van der Waals surface area contributed by atoms with Gasteiger partial charge in [0.05, 0.1) is 6.04 Å². The van der Waals surface area contributed by atoms with Crippen molar-refractivity contribution in [3.8, 4) is 0 Å². The van der Waals surface area contributed by atoms with Crippen LogP contribution < -0.4 is 10.6 Å². The van der Waals surface area contributed by atoms with Gasteiger partial charge in [-0.25, -0.2) is 0 Å². The maximum Gasteiger partial charge on any atom is 0.255 e. The van der Waals surface area contributed by atoms with Gasteiger partial charge in [-0.3, -0.25) is 39.5 Å². The molecule has 6 rings (SSSR count). The van der Waals surface area contributed by atoms with Crippen LogP contribution in [-0.2, 0) is 45.1 Å². The Kier molecular flexibility index (Phi) is 11.0. The minimum absolute atomic E-state index is 0.0852. The van der Waals surface area contributed by atoms with E-state index < -0.39 is 18.3 Å². The van der Waals surface area contributed by atoms with E-state index in [9.17, 15) is 29.1 Å². The molecule has 3 unspecified atom stereocenters. The molecule has 4 aliphatic heterocycles. The van der Waals surface area contributed by atoms with Gasteiger partial charge in [0.2, 0.25) is 23.6 Å². The zero-order chi connectivity index (χ0) is 33.6. The van der Waals surface area contributed by atoms with E-state index in [-0.39, 0.29) is 36.0 Å². The fraction of sp³-hybridized carbons (Fsp3) is 0.553. The number of nitrogens with zero attached hydrogens (tertiary/aromatic N) is 2. The third-order valence-electron chi connectivity index (χ3n) is 10.6. The number of hydrogen-bond acceptors (Lipinski definition) is 7. The molecular formula is C38H48N4O6. The predicted molar refractivity (Wildman–Crippen MR) is 179 cm³/mol. The van der Waals surface area contributed by atoms with Gasteiger partial charge < -0.3 is 10.0 Å². The minimum atomic E-state index is -0.815. The van der Waals surface area contributed by atoms with Gasteiger partial charge >= 0.3 is 0 Å². The molecule has 3 N–H and O–H groups in total. The van der Waals surface area contributed by atoms with Gasteiger partial charge in [-0.05, 0) is 60.8 Å². The second-order valence-corrected chi connectivity index (χ2v) is 13.9. The summed E-state index contributed by atoms with van der Waals surface area (Å²) in [5.74, 6) is -1.28. The molecule has 4 aliphatic rings. The Labute approximate surface area is 282 Å². The summed E-state index contributed by atoms with van der Waals surface area (Å²) in [6, 6.07) is 11.0. The average molecular weight is 657 g/mol. The van der Waals surface area contributed by atoms with Crippen LogP contribution in [0.4, 0.5) is 0 Å². The second kappa shape index (κ2) is 15.6. The lowest BCUT2D eigenvalue weighted by molar-refractivity contribution is -0.142. The molecular weight excluding hydrogens is 608 g/mol. The van der Waals surface area contributed by atoms with Gasteiger partial charge in [0.1, 0.15) is 12.3 Å². The van der Waals surface area contributed by atoms with Crippen molar-refractivity contribution in [1.82, 2.24) is 20.4 Å². The highest BCUT2D eigenvalue weighted by atomic mass is 16.3. The first-order valence-electron chi connectivity index (χ1n) is 18.0. The smallest absolute Gasteiger partial charge is 0.255 e. The number of aliphatic hydroxyl groups excluding tert-OH is 1. The third-order valence-corrected chi connectivity index (χ3v) is 10.6. The number of carbonyl (C=O) groups is 5. The standard InChI is InChI=1S/C38H48N4O6/c43-32-21-19-30(35(45)39-32)41-23-27-17-11-16-26(34(27)38(41)48)14-10-8-6-4-2-1-3-5-7-9-13-25-15-12-18-28-29(25)24-42(37(28)47)31-20-22-33(44)40-36(31)46/h11-12,15-18,30-31,37,47H,1-10,13-14,19-24H2,(H,39,43,45)(H,40,44,46). The van der Waals surface area contributed by atoms with Crippen LogP contribution in [-0.4, -0.2) is 56.5 Å². The van der Waals surface area contributed by atoms with E-state index in [0.717, 1.165) is 59.9 Å². The summed E-state index contributed by atoms with van der Waals surface area (Å²) < 4.78 is 0. The Morgan fingerprint density at radius 1 is 0.646 bits per heavy atom. The molecule has 256 valence electrons. The molecule has 10 heteroatoms. The highest BCUT2D eigenvalue weighted by molar-refractivity contribution is 6.06. The van der Waals surface area contributed by atoms with Crippen molar-refractivity contribution in [1.29, 1.82) is 0 Å². The Morgan fingerprint density at radius 3 is 1.81 bits per heavy atom. The van der Waals surface area contributed by atoms with Crippen LogP contribution in [0.25, 0.3) is 0 Å². The first-order chi connectivity index (χ1) is 23.3. The van der Waals surface area contributed by atoms with E-state index in [1.54, 1.807) is 4.90 Å². The molecule has 2 fully saturated rings. The fourth-order valence-electron chi connectivity index (χ4n) is 7.99. The fourth-order valence-corrected chi connectivity index (χ4v) is 7.99. The molecule has 0 aliphatic carbocycles. The zero-order valence-electron chi connectivity index (χ0n) is 27.8. The topological polar surface area (TPSA) is 136 Å². The van der Waals surface area contributed by atoms with Crippen LogP contribution in [0.15, 0.2) is 36.4 Å². The van der Waals surface area contributed by atoms with Gasteiger partial charge in [-0.2, -0.15) is 0 Å². The van der Waals surface area contributed by atoms with Crippen LogP contribution in [0.5, 0.6) is 0 Å². The van der Waals surface area contributed by atoms with Crippen LogP contribution in [0, 0.1) is 0 Å². The van der Waals surface area contributed by atoms with Crippen molar-refractivity contribution in [3.05, 3.63) is 69.8 Å². The SMILES string of the molecule is O=C1CCC(N2Cc3cccc(CCCCCCCCCCCCc4cccc5c4CN(C4CCC(=O)NC4=O)C5O)c3C2=O)C(=O)N1. The Hall–Kier alpha value is -3.89. The number of unbranched alkanes of at least 4 members (excludes halogenated alkanes) is 9. The van der Waals surface area contributed by atoms with Crippen molar-refractivity contribution in [3.63, 3.8) is 0 Å². The largest absolute Gasteiger partial charge is 0.374 e. The molecule has 2 saturated heterocycles. The first kappa shape index (κ1) is 34.0. The van der Waals surface area contributed by atoms with Crippen LogP contribution in [0.3, 0.4) is 0 Å². The molecule has 10 nitrogen and oxygen atoms in total. The van der Waals surface area contributed by atoms with Crippen molar-refractivity contribution in [2.24, 2.45) is 0 Å². The second-order valence-electron chi connectivity index (χ2n) is 13.9. The monoisotopic (exact) mass is 656 g/mol. The first-order valence-corrected chi connectivity index (χ1v) is 18.0.